The van der Waals surface area contributed by atoms with Crippen molar-refractivity contribution in [2.45, 2.75) is 12.5 Å². The van der Waals surface area contributed by atoms with Crippen LogP contribution in [0.4, 0.5) is 0 Å². The normalized spacial score (nSPS) is 17.7. The molecule has 2 aromatic heterocycles. The van der Waals surface area contributed by atoms with Crippen molar-refractivity contribution < 1.29 is 4.74 Å². The van der Waals surface area contributed by atoms with Crippen molar-refractivity contribution in [2.24, 2.45) is 0 Å². The first-order chi connectivity index (χ1) is 9.84. The number of aromatic nitrogens is 3. The summed E-state index contributed by atoms with van der Waals surface area (Å²) in [4.78, 5) is 7.37. The van der Waals surface area contributed by atoms with E-state index in [0.717, 1.165) is 28.0 Å². The molecule has 0 aliphatic carbocycles. The van der Waals surface area contributed by atoms with E-state index in [1.165, 1.54) is 5.56 Å². The monoisotopic (exact) mass is 283 g/mol. The number of nitrogens with zero attached hydrogens (tertiary/aromatic N) is 2. The average molecular weight is 283 g/mol. The number of imidazole rings is 1. The maximum Gasteiger partial charge on any atom is 0.178 e. The molecular formula is C15H13N3OS. The molecule has 0 saturated carbocycles. The summed E-state index contributed by atoms with van der Waals surface area (Å²) in [7, 11) is 0. The summed E-state index contributed by atoms with van der Waals surface area (Å²) in [5, 5.41) is 0. The number of ether oxygens (including phenoxy) is 1. The molecule has 3 heterocycles. The number of pyridine rings is 1. The zero-order valence-electron chi connectivity index (χ0n) is 10.7. The van der Waals surface area contributed by atoms with Crippen molar-refractivity contribution in [1.82, 2.24) is 14.5 Å². The predicted octanol–water partition coefficient (Wildman–Crippen LogP) is 3.47. The summed E-state index contributed by atoms with van der Waals surface area (Å²) < 4.78 is 8.64. The van der Waals surface area contributed by atoms with Gasteiger partial charge in [0.2, 0.25) is 0 Å². The molecule has 5 heteroatoms. The largest absolute Gasteiger partial charge is 0.493 e. The summed E-state index contributed by atoms with van der Waals surface area (Å²) in [6.07, 6.45) is 4.53. The van der Waals surface area contributed by atoms with Crippen LogP contribution in [0.3, 0.4) is 0 Å². The van der Waals surface area contributed by atoms with E-state index in [1.54, 1.807) is 6.20 Å². The minimum Gasteiger partial charge on any atom is -0.493 e. The molecule has 4 nitrogen and oxygen atoms in total. The van der Waals surface area contributed by atoms with Gasteiger partial charge in [-0.1, -0.05) is 18.2 Å². The first-order valence-corrected chi connectivity index (χ1v) is 7.01. The quantitative estimate of drug-likeness (QED) is 0.695. The molecule has 1 N–H and O–H groups in total. The minimum atomic E-state index is 0.212. The van der Waals surface area contributed by atoms with Crippen LogP contribution in [0.5, 0.6) is 5.75 Å². The van der Waals surface area contributed by atoms with Gasteiger partial charge in [0.25, 0.3) is 0 Å². The Morgan fingerprint density at radius 1 is 1.30 bits per heavy atom. The van der Waals surface area contributed by atoms with Gasteiger partial charge in [-0.3, -0.25) is 4.98 Å². The van der Waals surface area contributed by atoms with Crippen molar-refractivity contribution in [3.05, 3.63) is 53.1 Å². The fourth-order valence-corrected chi connectivity index (χ4v) is 3.21. The first kappa shape index (κ1) is 11.7. The van der Waals surface area contributed by atoms with Crippen LogP contribution < -0.4 is 4.74 Å². The highest BCUT2D eigenvalue weighted by Gasteiger charge is 2.24. The Kier molecular flexibility index (Phi) is 2.60. The third kappa shape index (κ3) is 1.67. The van der Waals surface area contributed by atoms with Gasteiger partial charge in [-0.2, -0.15) is 0 Å². The van der Waals surface area contributed by atoms with E-state index in [0.29, 0.717) is 6.61 Å². The van der Waals surface area contributed by atoms with Gasteiger partial charge in [0.1, 0.15) is 5.75 Å². The second kappa shape index (κ2) is 4.45. The molecule has 3 aromatic rings. The highest BCUT2D eigenvalue weighted by atomic mass is 32.1. The molecule has 0 saturated heterocycles. The van der Waals surface area contributed by atoms with Crippen molar-refractivity contribution in [2.75, 3.05) is 6.61 Å². The molecule has 100 valence electrons. The van der Waals surface area contributed by atoms with E-state index in [2.05, 4.69) is 20.6 Å². The van der Waals surface area contributed by atoms with Crippen molar-refractivity contribution in [3.8, 4) is 5.75 Å². The van der Waals surface area contributed by atoms with E-state index in [9.17, 15) is 0 Å². The zero-order chi connectivity index (χ0) is 13.5. The zero-order valence-corrected chi connectivity index (χ0v) is 11.6. The maximum atomic E-state index is 5.73. The molecule has 0 radical (unpaired) electrons. The van der Waals surface area contributed by atoms with Gasteiger partial charge in [0.05, 0.1) is 29.9 Å². The molecule has 1 aliphatic rings. The number of benzene rings is 1. The molecule has 0 spiro atoms. The predicted molar refractivity (Wildman–Crippen MR) is 79.6 cm³/mol. The molecule has 1 atom stereocenters. The van der Waals surface area contributed by atoms with Crippen LogP contribution >= 0.6 is 12.2 Å². The van der Waals surface area contributed by atoms with E-state index in [1.807, 2.05) is 30.5 Å². The lowest BCUT2D eigenvalue weighted by atomic mass is 10.0. The molecule has 0 fully saturated rings. The van der Waals surface area contributed by atoms with E-state index < -0.39 is 0 Å². The van der Waals surface area contributed by atoms with Crippen molar-refractivity contribution in [1.29, 1.82) is 0 Å². The number of para-hydroxylation sites is 1. The molecule has 0 bridgehead atoms. The van der Waals surface area contributed by atoms with Gasteiger partial charge in [0, 0.05) is 18.2 Å². The maximum absolute atomic E-state index is 5.73. The lowest BCUT2D eigenvalue weighted by molar-refractivity contribution is 0.257. The fraction of sp³-hybridized carbons (Fsp3) is 0.200. The van der Waals surface area contributed by atoms with Crippen LogP contribution in [-0.2, 0) is 0 Å². The van der Waals surface area contributed by atoms with Gasteiger partial charge in [-0.25, -0.2) is 0 Å². The summed E-state index contributed by atoms with van der Waals surface area (Å²) in [6.45, 7) is 0.710. The van der Waals surface area contributed by atoms with E-state index >= 15 is 0 Å². The minimum absolute atomic E-state index is 0.212. The molecule has 1 aliphatic heterocycles. The first-order valence-electron chi connectivity index (χ1n) is 6.60. The third-order valence-electron chi connectivity index (χ3n) is 3.76. The highest BCUT2D eigenvalue weighted by molar-refractivity contribution is 7.71. The summed E-state index contributed by atoms with van der Waals surface area (Å²) in [5.41, 5.74) is 3.25. The molecule has 0 amide bonds. The van der Waals surface area contributed by atoms with Crippen molar-refractivity contribution >= 4 is 23.3 Å². The van der Waals surface area contributed by atoms with Gasteiger partial charge in [-0.05, 0) is 24.4 Å². The average Bonchev–Trinajstić information content (AvgIpc) is 2.82. The standard InChI is InChI=1S/C15H13N3OS/c20-15-17-11-9-16-7-5-13(11)18(15)12-6-8-19-14-4-2-1-3-10(12)14/h1-5,7,9,12H,6,8H2,(H,17,20). The Morgan fingerprint density at radius 3 is 3.15 bits per heavy atom. The molecule has 1 aromatic carbocycles. The lowest BCUT2D eigenvalue weighted by Gasteiger charge is -2.27. The fourth-order valence-electron chi connectivity index (χ4n) is 2.88. The number of hydrogen-bond donors (Lipinski definition) is 1. The second-order valence-electron chi connectivity index (χ2n) is 4.88. The third-order valence-corrected chi connectivity index (χ3v) is 4.06. The van der Waals surface area contributed by atoms with Gasteiger partial charge in [-0.15, -0.1) is 0 Å². The van der Waals surface area contributed by atoms with Crippen LogP contribution in [-0.4, -0.2) is 21.1 Å². The summed E-state index contributed by atoms with van der Waals surface area (Å²) in [5.74, 6) is 0.953. The smallest absolute Gasteiger partial charge is 0.178 e. The van der Waals surface area contributed by atoms with Gasteiger partial charge < -0.3 is 14.3 Å². The Balaban J connectivity index is 1.97. The molecular weight excluding hydrogens is 270 g/mol. The number of rotatable bonds is 1. The number of aromatic amines is 1. The number of hydrogen-bond acceptors (Lipinski definition) is 3. The van der Waals surface area contributed by atoms with Crippen LogP contribution in [0.25, 0.3) is 11.0 Å². The second-order valence-corrected chi connectivity index (χ2v) is 5.27. The van der Waals surface area contributed by atoms with Crippen molar-refractivity contribution in [3.63, 3.8) is 0 Å². The number of H-pyrrole nitrogens is 1. The number of nitrogens with one attached hydrogen (secondary N) is 1. The Bertz CT molecular complexity index is 836. The summed E-state index contributed by atoms with van der Waals surface area (Å²) in [6, 6.07) is 10.4. The van der Waals surface area contributed by atoms with Crippen LogP contribution in [0.2, 0.25) is 0 Å². The SMILES string of the molecule is S=c1[nH]c2cnccc2n1C1CCOc2ccccc21. The Hall–Kier alpha value is -2.14. The van der Waals surface area contributed by atoms with Crippen LogP contribution in [0, 0.1) is 4.77 Å². The summed E-state index contributed by atoms with van der Waals surface area (Å²) >= 11 is 5.50. The lowest BCUT2D eigenvalue weighted by Crippen LogP contribution is -2.20. The van der Waals surface area contributed by atoms with Crippen LogP contribution in [0.1, 0.15) is 18.0 Å². The topological polar surface area (TPSA) is 42.8 Å². The van der Waals surface area contributed by atoms with E-state index in [4.69, 9.17) is 17.0 Å². The molecule has 1 unspecified atom stereocenters. The van der Waals surface area contributed by atoms with Crippen LogP contribution in [0.15, 0.2) is 42.7 Å². The van der Waals surface area contributed by atoms with Gasteiger partial charge >= 0.3 is 0 Å². The Labute approximate surface area is 121 Å². The highest BCUT2D eigenvalue weighted by Crippen LogP contribution is 2.36. The number of fused-ring (bicyclic) bond motifs is 2. The molecule has 4 rings (SSSR count). The molecule has 20 heavy (non-hydrogen) atoms. The van der Waals surface area contributed by atoms with Gasteiger partial charge in [0.15, 0.2) is 4.77 Å². The van der Waals surface area contributed by atoms with E-state index in [-0.39, 0.29) is 6.04 Å². The Morgan fingerprint density at radius 2 is 2.20 bits per heavy atom.